The predicted octanol–water partition coefficient (Wildman–Crippen LogP) is 4.15. The monoisotopic (exact) mass is 454 g/mol. The summed E-state index contributed by atoms with van der Waals surface area (Å²) in [5.41, 5.74) is 1.55. The first-order valence-electron chi connectivity index (χ1n) is 10.0. The van der Waals surface area contributed by atoms with Crippen LogP contribution in [0.25, 0.3) is 0 Å². The minimum absolute atomic E-state index is 0.138. The summed E-state index contributed by atoms with van der Waals surface area (Å²) in [7, 11) is 0. The molecule has 2 aromatic rings. The Morgan fingerprint density at radius 2 is 1.77 bits per heavy atom. The van der Waals surface area contributed by atoms with Gasteiger partial charge in [0.05, 0.1) is 6.04 Å². The maximum absolute atomic E-state index is 12.2. The van der Waals surface area contributed by atoms with Crippen molar-refractivity contribution < 1.29 is 27.9 Å². The van der Waals surface area contributed by atoms with Crippen molar-refractivity contribution in [3.8, 4) is 0 Å². The predicted molar refractivity (Wildman–Crippen MR) is 112 cm³/mol. The zero-order chi connectivity index (χ0) is 22.6. The second-order valence-electron chi connectivity index (χ2n) is 7.87. The molecule has 0 spiro atoms. The van der Waals surface area contributed by atoms with E-state index in [2.05, 4.69) is 57.6 Å². The molecular weight excluding hydrogens is 429 g/mol. The Bertz CT molecular complexity index is 889. The van der Waals surface area contributed by atoms with Gasteiger partial charge in [-0.15, -0.1) is 11.3 Å². The van der Waals surface area contributed by atoms with Crippen molar-refractivity contribution in [2.75, 3.05) is 19.6 Å². The van der Waals surface area contributed by atoms with E-state index in [1.807, 2.05) is 11.3 Å². The number of carbonyl (C=O) groups excluding carboxylic acids is 1. The fourth-order valence-corrected chi connectivity index (χ4v) is 5.34. The lowest BCUT2D eigenvalue weighted by Gasteiger charge is -2.46. The topological polar surface area (TPSA) is 60.9 Å². The summed E-state index contributed by atoms with van der Waals surface area (Å²) in [4.78, 5) is 27.2. The maximum Gasteiger partial charge on any atom is 0.490 e. The molecule has 2 unspecified atom stereocenters. The second-order valence-corrected chi connectivity index (χ2v) is 8.90. The van der Waals surface area contributed by atoms with Gasteiger partial charge in [-0.1, -0.05) is 36.4 Å². The molecular formula is C22H25F3N2O3S. The maximum atomic E-state index is 12.2. The van der Waals surface area contributed by atoms with E-state index < -0.39 is 12.1 Å². The molecule has 0 bridgehead atoms. The van der Waals surface area contributed by atoms with Crippen molar-refractivity contribution in [2.45, 2.75) is 43.9 Å². The number of carbonyl (C=O) groups is 2. The second kappa shape index (κ2) is 9.40. The lowest BCUT2D eigenvalue weighted by molar-refractivity contribution is -0.192. The largest absolute Gasteiger partial charge is 0.490 e. The van der Waals surface area contributed by atoms with Gasteiger partial charge in [0.15, 0.2) is 0 Å². The molecule has 2 aliphatic rings. The number of carboxylic acids is 1. The standard InChI is InChI=1S/C20H24N2OS.C2HF3O2/c1-16(23)22-12-10-20(17-6-3-2-4-7-17)9-11-21(15-19(20)22)14-18-8-5-13-24-18;3-2(4,5)1(6)7/h2-8,13,19H,9-12,14-15H2,1H3;(H,6,7). The Balaban J connectivity index is 0.000000339. The van der Waals surface area contributed by atoms with Crippen molar-refractivity contribution in [2.24, 2.45) is 0 Å². The van der Waals surface area contributed by atoms with E-state index in [1.54, 1.807) is 6.92 Å². The lowest BCUT2D eigenvalue weighted by atomic mass is 9.69. The van der Waals surface area contributed by atoms with Crippen molar-refractivity contribution in [3.05, 3.63) is 58.3 Å². The van der Waals surface area contributed by atoms with Crippen LogP contribution < -0.4 is 0 Å². The highest BCUT2D eigenvalue weighted by atomic mass is 32.1. The lowest BCUT2D eigenvalue weighted by Crippen LogP contribution is -2.56. The van der Waals surface area contributed by atoms with Gasteiger partial charge in [-0.25, -0.2) is 4.79 Å². The molecule has 31 heavy (non-hydrogen) atoms. The van der Waals surface area contributed by atoms with E-state index in [9.17, 15) is 18.0 Å². The van der Waals surface area contributed by atoms with E-state index >= 15 is 0 Å². The summed E-state index contributed by atoms with van der Waals surface area (Å²) in [6.45, 7) is 5.70. The average molecular weight is 455 g/mol. The Morgan fingerprint density at radius 1 is 1.13 bits per heavy atom. The van der Waals surface area contributed by atoms with Gasteiger partial charge in [-0.05, 0) is 36.4 Å². The highest BCUT2D eigenvalue weighted by Crippen LogP contribution is 2.46. The van der Waals surface area contributed by atoms with E-state index in [-0.39, 0.29) is 11.3 Å². The number of hydrogen-bond donors (Lipinski definition) is 1. The third-order valence-electron chi connectivity index (χ3n) is 6.07. The molecule has 9 heteroatoms. The van der Waals surface area contributed by atoms with Gasteiger partial charge in [0, 0.05) is 36.9 Å². The number of fused-ring (bicyclic) bond motifs is 1. The van der Waals surface area contributed by atoms with Crippen LogP contribution in [-0.2, 0) is 21.5 Å². The van der Waals surface area contributed by atoms with E-state index in [4.69, 9.17) is 9.90 Å². The molecule has 1 aromatic carbocycles. The number of alkyl halides is 3. The van der Waals surface area contributed by atoms with Crippen molar-refractivity contribution in [3.63, 3.8) is 0 Å². The quantitative estimate of drug-likeness (QED) is 0.757. The molecule has 1 aromatic heterocycles. The van der Waals surface area contributed by atoms with Crippen LogP contribution >= 0.6 is 11.3 Å². The van der Waals surface area contributed by atoms with Crippen molar-refractivity contribution >= 4 is 23.2 Å². The number of halogens is 3. The fourth-order valence-electron chi connectivity index (χ4n) is 4.59. The molecule has 1 N–H and O–H groups in total. The molecule has 1 amide bonds. The Labute approximate surface area is 183 Å². The summed E-state index contributed by atoms with van der Waals surface area (Å²) in [6, 6.07) is 15.5. The molecule has 2 saturated heterocycles. The van der Waals surface area contributed by atoms with Gasteiger partial charge in [0.25, 0.3) is 0 Å². The van der Waals surface area contributed by atoms with Crippen LogP contribution in [0.3, 0.4) is 0 Å². The van der Waals surface area contributed by atoms with Crippen LogP contribution in [0, 0.1) is 0 Å². The minimum atomic E-state index is -5.08. The van der Waals surface area contributed by atoms with E-state index in [1.165, 1.54) is 10.4 Å². The first-order chi connectivity index (χ1) is 14.6. The molecule has 168 valence electrons. The Morgan fingerprint density at radius 3 is 2.32 bits per heavy atom. The number of nitrogens with zero attached hydrogens (tertiary/aromatic N) is 2. The Kier molecular flexibility index (Phi) is 7.06. The summed E-state index contributed by atoms with van der Waals surface area (Å²) < 4.78 is 31.7. The number of benzene rings is 1. The van der Waals surface area contributed by atoms with Gasteiger partial charge in [0.1, 0.15) is 0 Å². The summed E-state index contributed by atoms with van der Waals surface area (Å²) in [5.74, 6) is -2.54. The summed E-state index contributed by atoms with van der Waals surface area (Å²) in [5, 5.41) is 9.27. The number of amides is 1. The van der Waals surface area contributed by atoms with Gasteiger partial charge in [-0.2, -0.15) is 13.2 Å². The SMILES string of the molecule is CC(=O)N1CCC2(c3ccccc3)CCN(Cc3cccs3)CC12.O=C(O)C(F)(F)F. The number of rotatable bonds is 3. The third-order valence-corrected chi connectivity index (χ3v) is 6.93. The van der Waals surface area contributed by atoms with Crippen LogP contribution in [0.1, 0.15) is 30.2 Å². The summed E-state index contributed by atoms with van der Waals surface area (Å²) >= 11 is 1.82. The molecule has 0 radical (unpaired) electrons. The third kappa shape index (κ3) is 5.27. The van der Waals surface area contributed by atoms with Gasteiger partial charge in [-0.3, -0.25) is 9.69 Å². The van der Waals surface area contributed by atoms with Gasteiger partial charge in [0.2, 0.25) is 5.91 Å². The molecule has 2 fully saturated rings. The zero-order valence-electron chi connectivity index (χ0n) is 17.1. The highest BCUT2D eigenvalue weighted by Gasteiger charge is 2.51. The fraction of sp³-hybridized carbons (Fsp3) is 0.455. The van der Waals surface area contributed by atoms with E-state index in [0.29, 0.717) is 6.04 Å². The van der Waals surface area contributed by atoms with E-state index in [0.717, 1.165) is 39.0 Å². The minimum Gasteiger partial charge on any atom is -0.475 e. The van der Waals surface area contributed by atoms with Gasteiger partial charge >= 0.3 is 12.1 Å². The summed E-state index contributed by atoms with van der Waals surface area (Å²) in [6.07, 6.45) is -2.86. The number of carboxylic acid groups (broad SMARTS) is 1. The van der Waals surface area contributed by atoms with Crippen molar-refractivity contribution in [1.82, 2.24) is 9.80 Å². The number of aliphatic carboxylic acids is 1. The number of likely N-dealkylation sites (tertiary alicyclic amines) is 2. The van der Waals surface area contributed by atoms with Crippen molar-refractivity contribution in [1.29, 1.82) is 0 Å². The number of thiophene rings is 1. The van der Waals surface area contributed by atoms with Crippen LogP contribution in [0.15, 0.2) is 47.8 Å². The Hall–Kier alpha value is -2.39. The molecule has 3 heterocycles. The van der Waals surface area contributed by atoms with Crippen LogP contribution in [0.5, 0.6) is 0 Å². The smallest absolute Gasteiger partial charge is 0.475 e. The molecule has 0 aliphatic carbocycles. The normalized spacial score (nSPS) is 23.6. The average Bonchev–Trinajstić information content (AvgIpc) is 3.36. The zero-order valence-corrected chi connectivity index (χ0v) is 18.0. The van der Waals surface area contributed by atoms with Gasteiger partial charge < -0.3 is 10.0 Å². The first-order valence-corrected chi connectivity index (χ1v) is 10.9. The van der Waals surface area contributed by atoms with Crippen LogP contribution in [0.2, 0.25) is 0 Å². The number of hydrogen-bond acceptors (Lipinski definition) is 4. The highest BCUT2D eigenvalue weighted by molar-refractivity contribution is 7.09. The molecule has 0 saturated carbocycles. The number of piperidine rings is 1. The van der Waals surface area contributed by atoms with Crippen LogP contribution in [0.4, 0.5) is 13.2 Å². The molecule has 5 nitrogen and oxygen atoms in total. The van der Waals surface area contributed by atoms with Crippen LogP contribution in [-0.4, -0.2) is 58.6 Å². The molecule has 4 rings (SSSR count). The molecule has 2 aliphatic heterocycles. The first kappa shape index (κ1) is 23.3. The molecule has 2 atom stereocenters.